The van der Waals surface area contributed by atoms with Gasteiger partial charge in [0.25, 0.3) is 0 Å². The van der Waals surface area contributed by atoms with Crippen LogP contribution in [0.3, 0.4) is 0 Å². The molecule has 8 aromatic carbocycles. The van der Waals surface area contributed by atoms with Gasteiger partial charge < -0.3 is 9.80 Å². The van der Waals surface area contributed by atoms with Crippen LogP contribution in [0.15, 0.2) is 212 Å². The predicted octanol–water partition coefficient (Wildman–Crippen LogP) is 12.3. The Balaban J connectivity index is 1.21. The first-order valence-corrected chi connectivity index (χ1v) is 18.4. The zero-order valence-corrected chi connectivity index (χ0v) is 29.6. The van der Waals surface area contributed by atoms with E-state index in [1.165, 1.54) is 67.3 Å². The van der Waals surface area contributed by atoms with Gasteiger partial charge in [0.1, 0.15) is 0 Å². The van der Waals surface area contributed by atoms with E-state index in [2.05, 4.69) is 229 Å². The highest BCUT2D eigenvalue weighted by molar-refractivity contribution is 5.90. The fourth-order valence-electron chi connectivity index (χ4n) is 9.47. The van der Waals surface area contributed by atoms with E-state index in [1.54, 1.807) is 0 Å². The third-order valence-corrected chi connectivity index (χ3v) is 11.6. The first kappa shape index (κ1) is 31.1. The summed E-state index contributed by atoms with van der Waals surface area (Å²) in [7, 11) is 2.19. The van der Waals surface area contributed by atoms with Crippen LogP contribution in [-0.2, 0) is 10.8 Å². The van der Waals surface area contributed by atoms with Gasteiger partial charge in [-0.25, -0.2) is 0 Å². The van der Waals surface area contributed by atoms with Crippen LogP contribution in [0.5, 0.6) is 0 Å². The number of hydrogen-bond donors (Lipinski definition) is 0. The highest BCUT2D eigenvalue weighted by Crippen LogP contribution is 2.59. The smallest absolute Gasteiger partial charge is 0.0742 e. The van der Waals surface area contributed by atoms with E-state index in [9.17, 15) is 0 Å². The normalized spacial score (nSPS) is 14.7. The number of hydrogen-bond acceptors (Lipinski definition) is 2. The molecule has 10 rings (SSSR count). The molecule has 2 heteroatoms. The van der Waals surface area contributed by atoms with Crippen molar-refractivity contribution in [1.82, 2.24) is 0 Å². The molecule has 2 nitrogen and oxygen atoms in total. The molecule has 0 unspecified atom stereocenters. The second kappa shape index (κ2) is 12.3. The van der Waals surface area contributed by atoms with Crippen LogP contribution in [0, 0.1) is 0 Å². The predicted molar refractivity (Wildman–Crippen MR) is 219 cm³/mol. The van der Waals surface area contributed by atoms with Gasteiger partial charge in [0.2, 0.25) is 0 Å². The van der Waals surface area contributed by atoms with Crippen molar-refractivity contribution in [3.8, 4) is 0 Å². The van der Waals surface area contributed by atoms with Gasteiger partial charge >= 0.3 is 0 Å². The highest BCUT2D eigenvalue weighted by atomic mass is 15.2. The summed E-state index contributed by atoms with van der Waals surface area (Å²) in [6.45, 7) is 0. The summed E-state index contributed by atoms with van der Waals surface area (Å²) in [6.07, 6.45) is 0. The summed E-state index contributed by atoms with van der Waals surface area (Å²) in [5, 5.41) is 0. The second-order valence-corrected chi connectivity index (χ2v) is 14.1. The molecule has 0 bridgehead atoms. The second-order valence-electron chi connectivity index (χ2n) is 14.1. The van der Waals surface area contributed by atoms with E-state index in [0.29, 0.717) is 0 Å². The van der Waals surface area contributed by atoms with Crippen molar-refractivity contribution < 1.29 is 0 Å². The van der Waals surface area contributed by atoms with Crippen LogP contribution in [0.25, 0.3) is 0 Å². The first-order chi connectivity index (χ1) is 26.2. The lowest BCUT2D eigenvalue weighted by molar-refractivity contribution is 0.726. The average molecular weight is 679 g/mol. The summed E-state index contributed by atoms with van der Waals surface area (Å²) in [5.74, 6) is 0. The standard InChI is InChI=1S/C51H38N2/c1-52-46-29-15-11-25-42(46)51(39-23-9-4-10-24-39,43-26-12-16-30-47(43)52)40-33-35-41(36-34-40)53-48-31-17-13-27-44(48)50(37-19-5-2-6-20-37,38-21-7-3-8-22-38)45-28-14-18-32-49(45)53/h2-36H,1H3. The van der Waals surface area contributed by atoms with Gasteiger partial charge in [0.05, 0.1) is 22.2 Å². The maximum atomic E-state index is 2.46. The quantitative estimate of drug-likeness (QED) is 0.179. The minimum atomic E-state index is -0.507. The summed E-state index contributed by atoms with van der Waals surface area (Å²) < 4.78 is 0. The summed E-state index contributed by atoms with van der Waals surface area (Å²) >= 11 is 0. The van der Waals surface area contributed by atoms with Crippen molar-refractivity contribution in [2.24, 2.45) is 0 Å². The van der Waals surface area contributed by atoms with Crippen LogP contribution in [0.2, 0.25) is 0 Å². The number of nitrogens with zero attached hydrogens (tertiary/aromatic N) is 2. The molecule has 0 fully saturated rings. The Morgan fingerprint density at radius 3 is 0.943 bits per heavy atom. The number of fused-ring (bicyclic) bond motifs is 4. The molecular weight excluding hydrogens is 641 g/mol. The van der Waals surface area contributed by atoms with E-state index >= 15 is 0 Å². The molecule has 2 heterocycles. The van der Waals surface area contributed by atoms with Gasteiger partial charge in [-0.1, -0.05) is 176 Å². The monoisotopic (exact) mass is 678 g/mol. The van der Waals surface area contributed by atoms with Gasteiger partial charge in [-0.05, 0) is 80.9 Å². The van der Waals surface area contributed by atoms with Crippen molar-refractivity contribution in [2.45, 2.75) is 10.8 Å². The Hall–Kier alpha value is -6.64. The number of rotatable bonds is 5. The summed E-state index contributed by atoms with van der Waals surface area (Å²) in [4.78, 5) is 4.80. The van der Waals surface area contributed by atoms with Gasteiger partial charge in [0.15, 0.2) is 0 Å². The van der Waals surface area contributed by atoms with E-state index in [-0.39, 0.29) is 0 Å². The van der Waals surface area contributed by atoms with Gasteiger partial charge in [-0.15, -0.1) is 0 Å². The molecule has 2 aliphatic heterocycles. The molecular formula is C51H38N2. The highest BCUT2D eigenvalue weighted by Gasteiger charge is 2.47. The lowest BCUT2D eigenvalue weighted by Crippen LogP contribution is -2.38. The van der Waals surface area contributed by atoms with E-state index < -0.39 is 10.8 Å². The maximum absolute atomic E-state index is 2.46. The fraction of sp³-hybridized carbons (Fsp3) is 0.0588. The van der Waals surface area contributed by atoms with Crippen molar-refractivity contribution >= 4 is 28.4 Å². The lowest BCUT2D eigenvalue weighted by atomic mass is 9.62. The van der Waals surface area contributed by atoms with Crippen molar-refractivity contribution in [1.29, 1.82) is 0 Å². The van der Waals surface area contributed by atoms with Crippen LogP contribution in [-0.4, -0.2) is 7.05 Å². The minimum absolute atomic E-state index is 0.495. The number of benzene rings is 8. The lowest BCUT2D eigenvalue weighted by Gasteiger charge is -2.47. The Morgan fingerprint density at radius 1 is 0.283 bits per heavy atom. The third kappa shape index (κ3) is 4.39. The van der Waals surface area contributed by atoms with Crippen LogP contribution in [0.1, 0.15) is 44.5 Å². The van der Waals surface area contributed by atoms with Crippen molar-refractivity contribution in [3.05, 3.63) is 257 Å². The molecule has 8 aromatic rings. The zero-order valence-electron chi connectivity index (χ0n) is 29.6. The molecule has 0 saturated carbocycles. The molecule has 0 spiro atoms. The maximum Gasteiger partial charge on any atom is 0.0742 e. The van der Waals surface area contributed by atoms with Gasteiger partial charge in [-0.3, -0.25) is 0 Å². The van der Waals surface area contributed by atoms with Crippen molar-refractivity contribution in [2.75, 3.05) is 16.8 Å². The van der Waals surface area contributed by atoms with E-state index in [0.717, 1.165) is 5.69 Å². The molecule has 0 aromatic heterocycles. The van der Waals surface area contributed by atoms with Crippen molar-refractivity contribution in [3.63, 3.8) is 0 Å². The molecule has 2 aliphatic rings. The average Bonchev–Trinajstić information content (AvgIpc) is 3.24. The molecule has 0 N–H and O–H groups in total. The number of para-hydroxylation sites is 4. The summed E-state index contributed by atoms with van der Waals surface area (Å²) in [5.41, 5.74) is 15.0. The fourth-order valence-corrected chi connectivity index (χ4v) is 9.47. The Bertz CT molecular complexity index is 2440. The zero-order chi connectivity index (χ0) is 35.4. The van der Waals surface area contributed by atoms with E-state index in [4.69, 9.17) is 0 Å². The molecule has 0 atom stereocenters. The van der Waals surface area contributed by atoms with Crippen LogP contribution < -0.4 is 9.80 Å². The molecule has 53 heavy (non-hydrogen) atoms. The van der Waals surface area contributed by atoms with Crippen LogP contribution in [0.4, 0.5) is 28.4 Å². The SMILES string of the molecule is CN1c2ccccc2C(c2ccccc2)(c2ccc(N3c4ccccc4C(c4ccccc4)(c4ccccc4)c4ccccc43)cc2)c2ccccc21. The van der Waals surface area contributed by atoms with E-state index in [1.807, 2.05) is 0 Å². The van der Waals surface area contributed by atoms with Gasteiger partial charge in [-0.2, -0.15) is 0 Å². The molecule has 252 valence electrons. The largest absolute Gasteiger partial charge is 0.344 e. The number of anilines is 5. The first-order valence-electron chi connectivity index (χ1n) is 18.4. The summed E-state index contributed by atoms with van der Waals surface area (Å²) in [6, 6.07) is 78.2. The Morgan fingerprint density at radius 2 is 0.566 bits per heavy atom. The molecule has 0 radical (unpaired) electrons. The Kier molecular flexibility index (Phi) is 7.19. The van der Waals surface area contributed by atoms with Gasteiger partial charge in [0, 0.05) is 24.1 Å². The van der Waals surface area contributed by atoms with Crippen LogP contribution >= 0.6 is 0 Å². The minimum Gasteiger partial charge on any atom is -0.344 e. The topological polar surface area (TPSA) is 6.48 Å². The Labute approximate surface area is 311 Å². The molecule has 0 aliphatic carbocycles. The molecule has 0 saturated heterocycles. The molecule has 0 amide bonds. The third-order valence-electron chi connectivity index (χ3n) is 11.6.